The van der Waals surface area contributed by atoms with E-state index in [0.717, 1.165) is 70.9 Å². The van der Waals surface area contributed by atoms with Gasteiger partial charge in [-0.1, -0.05) is 123 Å². The van der Waals surface area contributed by atoms with Crippen LogP contribution in [0.1, 0.15) is 162 Å². The van der Waals surface area contributed by atoms with E-state index in [1.165, 1.54) is 70.6 Å². The van der Waals surface area contributed by atoms with Crippen LogP contribution < -0.4 is 10.6 Å². The van der Waals surface area contributed by atoms with Gasteiger partial charge in [0.05, 0.1) is 6.42 Å². The molecule has 1 aliphatic heterocycles. The second-order valence-electron chi connectivity index (χ2n) is 13.6. The zero-order chi connectivity index (χ0) is 34.4. The van der Waals surface area contributed by atoms with Gasteiger partial charge in [-0.15, -0.1) is 0 Å². The Morgan fingerprint density at radius 2 is 1.32 bits per heavy atom. The zero-order valence-electron chi connectivity index (χ0n) is 30.8. The molecule has 0 radical (unpaired) electrons. The first-order chi connectivity index (χ1) is 22.9. The highest BCUT2D eigenvalue weighted by Crippen LogP contribution is 2.20. The third-order valence-electron chi connectivity index (χ3n) is 9.22. The summed E-state index contributed by atoms with van der Waals surface area (Å²) in [5.41, 5.74) is 0. The van der Waals surface area contributed by atoms with Crippen LogP contribution >= 0.6 is 11.8 Å². The molecule has 0 aromatic heterocycles. The topological polar surface area (TPSA) is 87.7 Å². The minimum Gasteiger partial charge on any atom is -0.452 e. The molecule has 8 heteroatoms. The molecule has 0 saturated carbocycles. The number of thioether (sulfide) groups is 1. The van der Waals surface area contributed by atoms with Gasteiger partial charge in [0.25, 0.3) is 0 Å². The van der Waals surface area contributed by atoms with Crippen molar-refractivity contribution in [2.45, 2.75) is 174 Å². The Balaban J connectivity index is 2.60. The van der Waals surface area contributed by atoms with Crippen LogP contribution in [0.3, 0.4) is 0 Å². The number of esters is 1. The van der Waals surface area contributed by atoms with Crippen molar-refractivity contribution in [3.05, 3.63) is 0 Å². The monoisotopic (exact) mass is 678 g/mol. The van der Waals surface area contributed by atoms with E-state index < -0.39 is 6.04 Å². The fourth-order valence-electron chi connectivity index (χ4n) is 6.01. The molecule has 1 heterocycles. The molecule has 0 aromatic rings. The van der Waals surface area contributed by atoms with Crippen LogP contribution in [0, 0.1) is 17.8 Å². The molecular formula is C39H71N3O4S. The predicted octanol–water partition coefficient (Wildman–Crippen LogP) is 8.44. The maximum Gasteiger partial charge on any atom is 0.307 e. The summed E-state index contributed by atoms with van der Waals surface area (Å²) in [6.45, 7) is 8.75. The van der Waals surface area contributed by atoms with E-state index in [9.17, 15) is 14.4 Å². The van der Waals surface area contributed by atoms with Crippen LogP contribution in [0.2, 0.25) is 0 Å². The average molecular weight is 678 g/mol. The van der Waals surface area contributed by atoms with Gasteiger partial charge in [0.1, 0.15) is 6.04 Å². The number of ether oxygens (including phenoxy) is 1. The molecule has 2 unspecified atom stereocenters. The Kier molecular flexibility index (Phi) is 28.0. The van der Waals surface area contributed by atoms with Gasteiger partial charge < -0.3 is 20.3 Å². The number of unbranched alkanes of at least 4 members (excludes halogenated alkanes) is 13. The van der Waals surface area contributed by atoms with Gasteiger partial charge in [-0.25, -0.2) is 0 Å². The van der Waals surface area contributed by atoms with Gasteiger partial charge in [0, 0.05) is 24.1 Å². The first kappa shape index (κ1) is 43.3. The normalized spacial score (nSPS) is 15.0. The van der Waals surface area contributed by atoms with Crippen molar-refractivity contribution in [3.63, 3.8) is 0 Å². The third-order valence-corrected chi connectivity index (χ3v) is 10.2. The van der Waals surface area contributed by atoms with Crippen molar-refractivity contribution in [2.24, 2.45) is 5.92 Å². The van der Waals surface area contributed by atoms with Crippen LogP contribution in [0.25, 0.3) is 0 Å². The summed E-state index contributed by atoms with van der Waals surface area (Å²) in [6.07, 6.45) is 23.3. The van der Waals surface area contributed by atoms with Crippen molar-refractivity contribution in [2.75, 3.05) is 38.2 Å². The van der Waals surface area contributed by atoms with Gasteiger partial charge >= 0.3 is 5.97 Å². The lowest BCUT2D eigenvalue weighted by Gasteiger charge is -2.31. The molecule has 1 aliphatic rings. The first-order valence-corrected chi connectivity index (χ1v) is 20.5. The highest BCUT2D eigenvalue weighted by atomic mass is 32.2. The van der Waals surface area contributed by atoms with Crippen molar-refractivity contribution < 1.29 is 19.1 Å². The first-order valence-electron chi connectivity index (χ1n) is 19.4. The Labute approximate surface area is 293 Å². The number of carbonyl (C=O) groups is 3. The molecular weight excluding hydrogens is 607 g/mol. The van der Waals surface area contributed by atoms with Crippen molar-refractivity contribution >= 4 is 29.5 Å². The largest absolute Gasteiger partial charge is 0.452 e. The standard InChI is InChI=1S/C39H71N3O4S/c1-5-8-11-14-16-17-19-22-31-46-37(43)28-33-47-32-27-36(39(45)40-35-25-29-42(4)30-26-35)41-38(44)34(23-20-13-10-7-3)24-21-18-15-12-9-6-2/h34-36H,5-18,20-21,23-33H2,1-4H3,(H,40,45)(H,41,44). The third kappa shape index (κ3) is 24.1. The number of nitrogens with zero attached hydrogens (tertiary/aromatic N) is 1. The fraction of sp³-hybridized carbons (Fsp3) is 0.872. The second kappa shape index (κ2) is 30.3. The Bertz CT molecular complexity index is 866. The molecule has 0 bridgehead atoms. The summed E-state index contributed by atoms with van der Waals surface area (Å²) < 4.78 is 5.28. The Hall–Kier alpha value is -1.72. The molecule has 0 spiro atoms. The number of piperidine rings is 1. The Morgan fingerprint density at radius 3 is 1.96 bits per heavy atom. The molecule has 1 fully saturated rings. The minimum atomic E-state index is -0.554. The van der Waals surface area contributed by atoms with Crippen LogP contribution in [0.15, 0.2) is 0 Å². The number of hydrogen-bond donors (Lipinski definition) is 2. The summed E-state index contributed by atoms with van der Waals surface area (Å²) in [6, 6.07) is -0.404. The lowest BCUT2D eigenvalue weighted by atomic mass is 9.93. The second-order valence-corrected chi connectivity index (χ2v) is 14.8. The molecule has 2 amide bonds. The molecule has 272 valence electrons. The summed E-state index contributed by atoms with van der Waals surface area (Å²) in [4.78, 5) is 41.6. The van der Waals surface area contributed by atoms with Crippen LogP contribution in [0.4, 0.5) is 0 Å². The van der Waals surface area contributed by atoms with E-state index in [1.807, 2.05) is 0 Å². The smallest absolute Gasteiger partial charge is 0.307 e. The zero-order valence-corrected chi connectivity index (χ0v) is 31.6. The summed E-state index contributed by atoms with van der Waals surface area (Å²) in [7, 11) is 2.11. The van der Waals surface area contributed by atoms with Gasteiger partial charge in [-0.3, -0.25) is 14.4 Å². The van der Waals surface area contributed by atoms with E-state index in [-0.39, 0.29) is 36.4 Å². The molecule has 0 aliphatic carbocycles. The summed E-state index contributed by atoms with van der Waals surface area (Å²) in [5.74, 6) is 7.06. The van der Waals surface area contributed by atoms with Gasteiger partial charge in [0.15, 0.2) is 6.61 Å². The highest BCUT2D eigenvalue weighted by Gasteiger charge is 2.27. The predicted molar refractivity (Wildman–Crippen MR) is 200 cm³/mol. The fourth-order valence-corrected chi connectivity index (χ4v) is 6.93. The molecule has 2 atom stereocenters. The van der Waals surface area contributed by atoms with E-state index in [0.29, 0.717) is 24.3 Å². The number of likely N-dealkylation sites (tertiary alicyclic amines) is 1. The van der Waals surface area contributed by atoms with Crippen molar-refractivity contribution in [1.29, 1.82) is 0 Å². The molecule has 0 aromatic carbocycles. The van der Waals surface area contributed by atoms with Gasteiger partial charge in [-0.2, -0.15) is 11.8 Å². The molecule has 2 N–H and O–H groups in total. The molecule has 7 nitrogen and oxygen atoms in total. The Morgan fingerprint density at radius 1 is 0.745 bits per heavy atom. The summed E-state index contributed by atoms with van der Waals surface area (Å²) in [5, 5.41) is 6.44. The van der Waals surface area contributed by atoms with Gasteiger partial charge in [-0.05, 0) is 64.4 Å². The molecule has 47 heavy (non-hydrogen) atoms. The summed E-state index contributed by atoms with van der Waals surface area (Å²) >= 11 is 1.63. The number of amides is 2. The van der Waals surface area contributed by atoms with Gasteiger partial charge in [0.2, 0.25) is 11.8 Å². The minimum absolute atomic E-state index is 0.0363. The van der Waals surface area contributed by atoms with E-state index in [4.69, 9.17) is 4.74 Å². The maximum absolute atomic E-state index is 13.6. The molecule has 1 rings (SSSR count). The van der Waals surface area contributed by atoms with Crippen LogP contribution in [-0.4, -0.2) is 73.0 Å². The van der Waals surface area contributed by atoms with E-state index in [2.05, 4.69) is 55.2 Å². The number of carbonyl (C=O) groups excluding carboxylic acids is 3. The number of rotatable bonds is 28. The van der Waals surface area contributed by atoms with Crippen molar-refractivity contribution in [3.8, 4) is 11.8 Å². The molecule has 1 saturated heterocycles. The average Bonchev–Trinajstić information content (AvgIpc) is 3.06. The van der Waals surface area contributed by atoms with Crippen LogP contribution in [-0.2, 0) is 19.1 Å². The SMILES string of the molecule is CCCCCCCC#CCOC(=O)CCSCCC(NC(=O)C(CCCCCC)CCCCCCCC)C(=O)NC1CCN(C)CC1. The highest BCUT2D eigenvalue weighted by molar-refractivity contribution is 7.99. The van der Waals surface area contributed by atoms with E-state index >= 15 is 0 Å². The number of nitrogens with one attached hydrogen (secondary N) is 2. The lowest BCUT2D eigenvalue weighted by Crippen LogP contribution is -2.53. The number of hydrogen-bond acceptors (Lipinski definition) is 6. The lowest BCUT2D eigenvalue weighted by molar-refractivity contribution is -0.141. The maximum atomic E-state index is 13.6. The van der Waals surface area contributed by atoms with Crippen LogP contribution in [0.5, 0.6) is 0 Å². The van der Waals surface area contributed by atoms with Crippen molar-refractivity contribution in [1.82, 2.24) is 15.5 Å². The quantitative estimate of drug-likeness (QED) is 0.0491. The van der Waals surface area contributed by atoms with E-state index in [1.54, 1.807) is 11.8 Å².